The Bertz CT molecular complexity index is 582. The molecule has 0 fully saturated rings. The average molecular weight is 281 g/mol. The van der Waals surface area contributed by atoms with Crippen molar-refractivity contribution in [3.8, 4) is 11.4 Å². The zero-order valence-corrected chi connectivity index (χ0v) is 12.3. The molecule has 0 aliphatic heterocycles. The lowest BCUT2D eigenvalue weighted by Crippen LogP contribution is -2.06. The number of aromatic nitrogens is 4. The van der Waals surface area contributed by atoms with Crippen LogP contribution in [0.25, 0.3) is 11.4 Å². The van der Waals surface area contributed by atoms with Gasteiger partial charge in [-0.25, -0.2) is 9.97 Å². The van der Waals surface area contributed by atoms with Gasteiger partial charge in [-0.3, -0.25) is 4.68 Å². The first kappa shape index (κ1) is 14.0. The maximum absolute atomic E-state index is 6.07. The lowest BCUT2D eigenvalue weighted by Gasteiger charge is -2.10. The van der Waals surface area contributed by atoms with E-state index in [0.717, 1.165) is 23.6 Å². The van der Waals surface area contributed by atoms with E-state index in [9.17, 15) is 0 Å². The topological polar surface area (TPSA) is 52.8 Å². The van der Waals surface area contributed by atoms with Crippen LogP contribution in [0.3, 0.4) is 0 Å². The molecular formula is C13H17ClN4O. The average Bonchev–Trinajstić information content (AvgIpc) is 2.78. The van der Waals surface area contributed by atoms with E-state index in [1.807, 2.05) is 31.5 Å². The van der Waals surface area contributed by atoms with Crippen LogP contribution in [0.15, 0.2) is 12.1 Å². The fourth-order valence-electron chi connectivity index (χ4n) is 1.85. The van der Waals surface area contributed by atoms with Gasteiger partial charge in [-0.2, -0.15) is 5.10 Å². The van der Waals surface area contributed by atoms with E-state index in [1.165, 1.54) is 0 Å². The highest BCUT2D eigenvalue weighted by Crippen LogP contribution is 2.23. The molecule has 0 saturated carbocycles. The van der Waals surface area contributed by atoms with Crippen molar-refractivity contribution in [2.24, 2.45) is 0 Å². The third kappa shape index (κ3) is 2.93. The van der Waals surface area contributed by atoms with Crippen molar-refractivity contribution in [1.29, 1.82) is 0 Å². The van der Waals surface area contributed by atoms with Crippen LogP contribution in [0.2, 0.25) is 5.15 Å². The molecule has 19 heavy (non-hydrogen) atoms. The quantitative estimate of drug-likeness (QED) is 0.808. The van der Waals surface area contributed by atoms with Crippen LogP contribution in [0.5, 0.6) is 0 Å². The predicted molar refractivity (Wildman–Crippen MR) is 74.1 cm³/mol. The van der Waals surface area contributed by atoms with Crippen LogP contribution in [0, 0.1) is 6.92 Å². The Hall–Kier alpha value is -1.46. The molecule has 2 aromatic heterocycles. The summed E-state index contributed by atoms with van der Waals surface area (Å²) >= 11 is 6.07. The summed E-state index contributed by atoms with van der Waals surface area (Å²) < 4.78 is 7.14. The van der Waals surface area contributed by atoms with E-state index in [4.69, 9.17) is 16.3 Å². The number of nitrogens with zero attached hydrogens (tertiary/aromatic N) is 4. The van der Waals surface area contributed by atoms with Crippen molar-refractivity contribution in [3.63, 3.8) is 0 Å². The zero-order valence-electron chi connectivity index (χ0n) is 11.5. The van der Waals surface area contributed by atoms with E-state index >= 15 is 0 Å². The van der Waals surface area contributed by atoms with Crippen LogP contribution in [-0.4, -0.2) is 26.9 Å². The molecule has 0 saturated heterocycles. The largest absolute Gasteiger partial charge is 0.374 e. The molecule has 2 aromatic rings. The second-order valence-corrected chi connectivity index (χ2v) is 4.69. The molecular weight excluding hydrogens is 264 g/mol. The van der Waals surface area contributed by atoms with Gasteiger partial charge in [-0.05, 0) is 26.8 Å². The summed E-state index contributed by atoms with van der Waals surface area (Å²) in [5.41, 5.74) is 2.66. The fraction of sp³-hybridized carbons (Fsp3) is 0.462. The van der Waals surface area contributed by atoms with Gasteiger partial charge in [0, 0.05) is 19.7 Å². The molecule has 0 spiro atoms. The first-order chi connectivity index (χ1) is 9.05. The number of halogens is 1. The van der Waals surface area contributed by atoms with Crippen LogP contribution < -0.4 is 0 Å². The number of ether oxygens (including phenoxy) is 1. The first-order valence-electron chi connectivity index (χ1n) is 6.17. The number of hydrogen-bond acceptors (Lipinski definition) is 4. The Morgan fingerprint density at radius 1 is 1.37 bits per heavy atom. The van der Waals surface area contributed by atoms with Crippen molar-refractivity contribution in [2.45, 2.75) is 33.4 Å². The minimum atomic E-state index is -0.198. The van der Waals surface area contributed by atoms with Gasteiger partial charge >= 0.3 is 0 Å². The van der Waals surface area contributed by atoms with Crippen molar-refractivity contribution in [2.75, 3.05) is 7.11 Å². The second kappa shape index (κ2) is 5.67. The smallest absolute Gasteiger partial charge is 0.159 e. The minimum Gasteiger partial charge on any atom is -0.374 e. The molecule has 0 unspecified atom stereocenters. The van der Waals surface area contributed by atoms with Gasteiger partial charge in [0.25, 0.3) is 0 Å². The molecule has 6 heteroatoms. The molecule has 0 amide bonds. The summed E-state index contributed by atoms with van der Waals surface area (Å²) in [7, 11) is 1.62. The molecule has 2 heterocycles. The summed E-state index contributed by atoms with van der Waals surface area (Å²) in [6.45, 7) is 6.66. The highest BCUT2D eigenvalue weighted by atomic mass is 35.5. The van der Waals surface area contributed by atoms with Gasteiger partial charge in [0.2, 0.25) is 0 Å². The molecule has 0 aliphatic rings. The summed E-state index contributed by atoms with van der Waals surface area (Å²) in [6.07, 6.45) is -0.198. The minimum absolute atomic E-state index is 0.198. The fourth-order valence-corrected chi connectivity index (χ4v) is 2.04. The third-order valence-corrected chi connectivity index (χ3v) is 3.09. The molecule has 1 atom stereocenters. The normalized spacial score (nSPS) is 12.7. The van der Waals surface area contributed by atoms with Gasteiger partial charge in [-0.1, -0.05) is 11.6 Å². The zero-order chi connectivity index (χ0) is 14.0. The molecule has 0 N–H and O–H groups in total. The van der Waals surface area contributed by atoms with Crippen molar-refractivity contribution >= 4 is 11.6 Å². The lowest BCUT2D eigenvalue weighted by atomic mass is 10.2. The van der Waals surface area contributed by atoms with E-state index in [0.29, 0.717) is 11.0 Å². The summed E-state index contributed by atoms with van der Waals surface area (Å²) in [4.78, 5) is 8.71. The van der Waals surface area contributed by atoms with Crippen LogP contribution in [-0.2, 0) is 11.3 Å². The monoisotopic (exact) mass is 280 g/mol. The highest BCUT2D eigenvalue weighted by molar-refractivity contribution is 6.29. The molecule has 0 radical (unpaired) electrons. The predicted octanol–water partition coefficient (Wildman–Crippen LogP) is 3.03. The SMILES string of the molecule is CCn1nc(C)cc1-c1cc(Cl)nc([C@@H](C)OC)n1. The maximum atomic E-state index is 6.07. The summed E-state index contributed by atoms with van der Waals surface area (Å²) in [5.74, 6) is 0.575. The van der Waals surface area contributed by atoms with Crippen LogP contribution >= 0.6 is 11.6 Å². The van der Waals surface area contributed by atoms with Gasteiger partial charge in [0.15, 0.2) is 5.82 Å². The number of methoxy groups -OCH3 is 1. The van der Waals surface area contributed by atoms with Gasteiger partial charge in [0.1, 0.15) is 11.3 Å². The Balaban J connectivity index is 2.52. The molecule has 5 nitrogen and oxygen atoms in total. The molecule has 2 rings (SSSR count). The Morgan fingerprint density at radius 3 is 2.74 bits per heavy atom. The van der Waals surface area contributed by atoms with Gasteiger partial charge in [-0.15, -0.1) is 0 Å². The van der Waals surface area contributed by atoms with Gasteiger partial charge in [0.05, 0.1) is 17.1 Å². The number of hydrogen-bond donors (Lipinski definition) is 0. The molecule has 0 aromatic carbocycles. The third-order valence-electron chi connectivity index (χ3n) is 2.89. The second-order valence-electron chi connectivity index (χ2n) is 4.30. The van der Waals surface area contributed by atoms with Crippen molar-refractivity contribution in [3.05, 3.63) is 28.8 Å². The Labute approximate surface area is 117 Å². The van der Waals surface area contributed by atoms with E-state index in [-0.39, 0.29) is 6.10 Å². The molecule has 102 valence electrons. The highest BCUT2D eigenvalue weighted by Gasteiger charge is 2.14. The lowest BCUT2D eigenvalue weighted by molar-refractivity contribution is 0.112. The van der Waals surface area contributed by atoms with Crippen molar-refractivity contribution < 1.29 is 4.74 Å². The number of aryl methyl sites for hydroxylation is 2. The first-order valence-corrected chi connectivity index (χ1v) is 6.55. The standard InChI is InChI=1S/C13H17ClN4O/c1-5-18-11(6-8(2)17-18)10-7-12(14)16-13(15-10)9(3)19-4/h6-7,9H,5H2,1-4H3/t9-/m1/s1. The van der Waals surface area contributed by atoms with E-state index in [2.05, 4.69) is 15.1 Å². The number of rotatable bonds is 4. The van der Waals surface area contributed by atoms with Crippen LogP contribution in [0.4, 0.5) is 0 Å². The summed E-state index contributed by atoms with van der Waals surface area (Å²) in [5, 5.41) is 4.82. The van der Waals surface area contributed by atoms with Gasteiger partial charge < -0.3 is 4.74 Å². The Morgan fingerprint density at radius 2 is 2.11 bits per heavy atom. The van der Waals surface area contributed by atoms with Crippen LogP contribution in [0.1, 0.15) is 31.5 Å². The Kier molecular flexibility index (Phi) is 4.17. The molecule has 0 bridgehead atoms. The maximum Gasteiger partial charge on any atom is 0.159 e. The molecule has 0 aliphatic carbocycles. The van der Waals surface area contributed by atoms with Crippen molar-refractivity contribution in [1.82, 2.24) is 19.7 Å². The van der Waals surface area contributed by atoms with E-state index in [1.54, 1.807) is 13.2 Å². The summed E-state index contributed by atoms with van der Waals surface area (Å²) in [6, 6.07) is 3.74. The van der Waals surface area contributed by atoms with E-state index < -0.39 is 0 Å².